The highest BCUT2D eigenvalue weighted by molar-refractivity contribution is 5.58. The number of pyridine rings is 1. The summed E-state index contributed by atoms with van der Waals surface area (Å²) in [5.41, 5.74) is 2.72. The molecule has 2 heterocycles. The minimum atomic E-state index is 0.722. The molecule has 1 aromatic carbocycles. The molecule has 2 aromatic heterocycles. The first-order valence-electron chi connectivity index (χ1n) is 6.83. The molecule has 0 spiro atoms. The van der Waals surface area contributed by atoms with Gasteiger partial charge in [0.25, 0.3) is 0 Å². The van der Waals surface area contributed by atoms with Crippen LogP contribution in [0.5, 0.6) is 0 Å². The van der Waals surface area contributed by atoms with Crippen molar-refractivity contribution in [3.63, 3.8) is 0 Å². The molecule has 0 bridgehead atoms. The van der Waals surface area contributed by atoms with Crippen molar-refractivity contribution >= 4 is 0 Å². The van der Waals surface area contributed by atoms with E-state index in [1.54, 1.807) is 6.20 Å². The zero-order valence-corrected chi connectivity index (χ0v) is 11.5. The lowest BCUT2D eigenvalue weighted by Gasteiger charge is -1.91. The van der Waals surface area contributed by atoms with Gasteiger partial charge in [0.2, 0.25) is 0 Å². The van der Waals surface area contributed by atoms with Gasteiger partial charge in [-0.25, -0.2) is 4.98 Å². The predicted octanol–water partition coefficient (Wildman–Crippen LogP) is 3.72. The maximum atomic E-state index is 5.34. The lowest BCUT2D eigenvalue weighted by atomic mass is 10.1. The molecule has 0 fully saturated rings. The summed E-state index contributed by atoms with van der Waals surface area (Å²) in [7, 11) is 0. The third-order valence-electron chi connectivity index (χ3n) is 3.01. The summed E-state index contributed by atoms with van der Waals surface area (Å²) in [6.45, 7) is 0. The van der Waals surface area contributed by atoms with Crippen LogP contribution in [0.1, 0.15) is 17.9 Å². The summed E-state index contributed by atoms with van der Waals surface area (Å²) in [5.74, 6) is 6.98. The molecule has 3 rings (SSSR count). The van der Waals surface area contributed by atoms with Gasteiger partial charge in [-0.2, -0.15) is 0 Å². The molecule has 0 radical (unpaired) electrons. The SMILES string of the molecule is C(#Cc1ccccn1)CCc1cc(-c2ccccc2)no1. The zero-order valence-electron chi connectivity index (χ0n) is 11.5. The van der Waals surface area contributed by atoms with Gasteiger partial charge in [0.15, 0.2) is 0 Å². The molecule has 102 valence electrons. The maximum absolute atomic E-state index is 5.34. The van der Waals surface area contributed by atoms with Crippen molar-refractivity contribution in [2.75, 3.05) is 0 Å². The lowest BCUT2D eigenvalue weighted by Crippen LogP contribution is -1.81. The van der Waals surface area contributed by atoms with Crippen LogP contribution in [0.15, 0.2) is 65.3 Å². The largest absolute Gasteiger partial charge is 0.361 e. The fourth-order valence-corrected chi connectivity index (χ4v) is 1.95. The first kappa shape index (κ1) is 13.1. The van der Waals surface area contributed by atoms with Crippen molar-refractivity contribution in [1.29, 1.82) is 0 Å². The summed E-state index contributed by atoms with van der Waals surface area (Å²) in [5, 5.41) is 4.09. The van der Waals surface area contributed by atoms with Gasteiger partial charge >= 0.3 is 0 Å². The quantitative estimate of drug-likeness (QED) is 0.683. The third-order valence-corrected chi connectivity index (χ3v) is 3.01. The summed E-state index contributed by atoms with van der Waals surface area (Å²) in [4.78, 5) is 4.16. The normalized spacial score (nSPS) is 9.90. The Labute approximate surface area is 123 Å². The second-order valence-electron chi connectivity index (χ2n) is 4.56. The Morgan fingerprint density at radius 3 is 2.67 bits per heavy atom. The fourth-order valence-electron chi connectivity index (χ4n) is 1.95. The molecule has 0 saturated carbocycles. The number of hydrogen-bond acceptors (Lipinski definition) is 3. The van der Waals surface area contributed by atoms with Gasteiger partial charge in [0.05, 0.1) is 0 Å². The Morgan fingerprint density at radius 1 is 1.00 bits per heavy atom. The van der Waals surface area contributed by atoms with E-state index in [2.05, 4.69) is 22.0 Å². The highest BCUT2D eigenvalue weighted by Gasteiger charge is 2.05. The van der Waals surface area contributed by atoms with Crippen LogP contribution in [-0.2, 0) is 6.42 Å². The topological polar surface area (TPSA) is 38.9 Å². The Kier molecular flexibility index (Phi) is 4.09. The van der Waals surface area contributed by atoms with Crippen LogP contribution in [0, 0.1) is 11.8 Å². The Morgan fingerprint density at radius 2 is 1.86 bits per heavy atom. The molecule has 0 amide bonds. The van der Waals surface area contributed by atoms with E-state index in [-0.39, 0.29) is 0 Å². The van der Waals surface area contributed by atoms with E-state index in [0.29, 0.717) is 0 Å². The van der Waals surface area contributed by atoms with Crippen LogP contribution >= 0.6 is 0 Å². The molecule has 21 heavy (non-hydrogen) atoms. The standard InChI is InChI=1S/C18H14N2O/c1-2-8-15(9-3-1)18-14-17(21-20-18)12-5-4-10-16-11-6-7-13-19-16/h1-3,6-9,11,13-14H,5,12H2. The van der Waals surface area contributed by atoms with Crippen molar-refractivity contribution in [3.8, 4) is 23.1 Å². The average Bonchev–Trinajstić information content (AvgIpc) is 3.02. The van der Waals surface area contributed by atoms with Crippen LogP contribution in [-0.4, -0.2) is 10.1 Å². The molecule has 0 aliphatic rings. The van der Waals surface area contributed by atoms with Crippen molar-refractivity contribution in [2.45, 2.75) is 12.8 Å². The highest BCUT2D eigenvalue weighted by atomic mass is 16.5. The molecule has 0 atom stereocenters. The zero-order chi connectivity index (χ0) is 14.3. The van der Waals surface area contributed by atoms with Crippen LogP contribution in [0.25, 0.3) is 11.3 Å². The van der Waals surface area contributed by atoms with Crippen LogP contribution in [0.3, 0.4) is 0 Å². The predicted molar refractivity (Wildman–Crippen MR) is 81.4 cm³/mol. The van der Waals surface area contributed by atoms with Gasteiger partial charge in [-0.1, -0.05) is 47.5 Å². The second-order valence-corrected chi connectivity index (χ2v) is 4.56. The van der Waals surface area contributed by atoms with Gasteiger partial charge in [0.1, 0.15) is 17.1 Å². The first-order valence-corrected chi connectivity index (χ1v) is 6.83. The number of rotatable bonds is 3. The molecule has 0 N–H and O–H groups in total. The van der Waals surface area contributed by atoms with E-state index in [1.807, 2.05) is 54.6 Å². The van der Waals surface area contributed by atoms with Gasteiger partial charge < -0.3 is 4.52 Å². The molecule has 0 aliphatic carbocycles. The van der Waals surface area contributed by atoms with E-state index < -0.39 is 0 Å². The first-order chi connectivity index (χ1) is 10.4. The van der Waals surface area contributed by atoms with Crippen LogP contribution in [0.4, 0.5) is 0 Å². The Balaban J connectivity index is 1.60. The molecule has 0 saturated heterocycles. The number of nitrogens with zero attached hydrogens (tertiary/aromatic N) is 2. The van der Waals surface area contributed by atoms with E-state index in [1.165, 1.54) is 0 Å². The molecular weight excluding hydrogens is 260 g/mol. The van der Waals surface area contributed by atoms with Gasteiger partial charge in [-0.05, 0) is 18.1 Å². The number of aromatic nitrogens is 2. The van der Waals surface area contributed by atoms with Crippen molar-refractivity contribution in [2.24, 2.45) is 0 Å². The smallest absolute Gasteiger partial charge is 0.138 e. The van der Waals surface area contributed by atoms with Crippen molar-refractivity contribution in [1.82, 2.24) is 10.1 Å². The summed E-state index contributed by atoms with van der Waals surface area (Å²) in [6, 6.07) is 17.7. The Hall–Kier alpha value is -2.86. The molecular formula is C18H14N2O. The average molecular weight is 274 g/mol. The number of hydrogen-bond donors (Lipinski definition) is 0. The third kappa shape index (κ3) is 3.58. The summed E-state index contributed by atoms with van der Waals surface area (Å²) in [6.07, 6.45) is 3.21. The van der Waals surface area contributed by atoms with Crippen LogP contribution in [0.2, 0.25) is 0 Å². The minimum absolute atomic E-state index is 0.722. The van der Waals surface area contributed by atoms with Crippen molar-refractivity contribution < 1.29 is 4.52 Å². The molecule has 0 unspecified atom stereocenters. The summed E-state index contributed by atoms with van der Waals surface area (Å²) < 4.78 is 5.34. The number of benzene rings is 1. The summed E-state index contributed by atoms with van der Waals surface area (Å²) >= 11 is 0. The van der Waals surface area contributed by atoms with E-state index in [4.69, 9.17) is 4.52 Å². The fraction of sp³-hybridized carbons (Fsp3) is 0.111. The Bertz CT molecular complexity index is 752. The number of aryl methyl sites for hydroxylation is 1. The van der Waals surface area contributed by atoms with E-state index in [0.717, 1.165) is 35.6 Å². The van der Waals surface area contributed by atoms with Gasteiger partial charge in [-0.15, -0.1) is 0 Å². The lowest BCUT2D eigenvalue weighted by molar-refractivity contribution is 0.386. The van der Waals surface area contributed by atoms with Gasteiger partial charge in [-0.3, -0.25) is 0 Å². The van der Waals surface area contributed by atoms with Crippen LogP contribution < -0.4 is 0 Å². The van der Waals surface area contributed by atoms with Crippen molar-refractivity contribution in [3.05, 3.63) is 72.2 Å². The molecule has 0 aliphatic heterocycles. The minimum Gasteiger partial charge on any atom is -0.361 e. The maximum Gasteiger partial charge on any atom is 0.138 e. The molecule has 3 nitrogen and oxygen atoms in total. The molecule has 3 aromatic rings. The van der Waals surface area contributed by atoms with E-state index in [9.17, 15) is 0 Å². The van der Waals surface area contributed by atoms with E-state index >= 15 is 0 Å². The van der Waals surface area contributed by atoms with Gasteiger partial charge in [0, 0.05) is 30.7 Å². The second kappa shape index (κ2) is 6.53. The monoisotopic (exact) mass is 274 g/mol. The highest BCUT2D eigenvalue weighted by Crippen LogP contribution is 2.19. The molecule has 3 heteroatoms.